The Bertz CT molecular complexity index is 812. The number of fused-ring (bicyclic) bond motifs is 3. The molecule has 6 heteroatoms. The summed E-state index contributed by atoms with van der Waals surface area (Å²) < 4.78 is 1.59. The quantitative estimate of drug-likeness (QED) is 0.638. The second-order valence-corrected chi connectivity index (χ2v) is 8.78. The van der Waals surface area contributed by atoms with Gasteiger partial charge < -0.3 is 0 Å². The zero-order valence-corrected chi connectivity index (χ0v) is 15.0. The number of hydrogen-bond donors (Lipinski definition) is 0. The molecule has 4 nitrogen and oxygen atoms in total. The maximum atomic E-state index is 12.6. The fourth-order valence-electron chi connectivity index (χ4n) is 2.58. The van der Waals surface area contributed by atoms with Crippen LogP contribution in [0.15, 0.2) is 9.95 Å². The molecule has 1 aliphatic rings. The molecule has 0 amide bonds. The zero-order valence-electron chi connectivity index (χ0n) is 13.4. The second kappa shape index (κ2) is 5.49. The first-order valence-electron chi connectivity index (χ1n) is 7.46. The minimum absolute atomic E-state index is 0.0232. The van der Waals surface area contributed by atoms with Crippen LogP contribution in [-0.4, -0.2) is 21.1 Å². The number of ketones is 1. The molecular formula is C16H20N2O2S2. The number of aryl methyl sites for hydroxylation is 2. The summed E-state index contributed by atoms with van der Waals surface area (Å²) in [5.74, 6) is 0.515. The molecule has 0 N–H and O–H groups in total. The molecule has 3 rings (SSSR count). The maximum Gasteiger partial charge on any atom is 0.262 e. The molecule has 0 saturated carbocycles. The lowest BCUT2D eigenvalue weighted by molar-refractivity contribution is -0.123. The van der Waals surface area contributed by atoms with Crippen LogP contribution >= 0.6 is 23.1 Å². The molecule has 22 heavy (non-hydrogen) atoms. The smallest absolute Gasteiger partial charge is 0.262 e. The number of hydrogen-bond acceptors (Lipinski definition) is 5. The predicted molar refractivity (Wildman–Crippen MR) is 92.1 cm³/mol. The lowest BCUT2D eigenvalue weighted by Gasteiger charge is -2.16. The fourth-order valence-corrected chi connectivity index (χ4v) is 5.02. The Morgan fingerprint density at radius 2 is 2.09 bits per heavy atom. The van der Waals surface area contributed by atoms with E-state index >= 15 is 0 Å². The van der Waals surface area contributed by atoms with E-state index in [0.717, 1.165) is 29.5 Å². The number of Topliss-reactive ketones (excluding diaryl/α,β-unsaturated/α-hetero) is 1. The molecule has 0 radical (unpaired) electrons. The third kappa shape index (κ3) is 2.63. The molecule has 1 aliphatic carbocycles. The summed E-state index contributed by atoms with van der Waals surface area (Å²) in [6, 6.07) is 0. The molecular weight excluding hydrogens is 316 g/mol. The zero-order chi connectivity index (χ0) is 16.1. The molecule has 0 spiro atoms. The Labute approximate surface area is 137 Å². The summed E-state index contributed by atoms with van der Waals surface area (Å²) in [5.41, 5.74) is 0.866. The van der Waals surface area contributed by atoms with Crippen molar-refractivity contribution in [2.45, 2.75) is 45.2 Å². The Balaban J connectivity index is 1.97. The van der Waals surface area contributed by atoms with Crippen LogP contribution in [0.4, 0.5) is 0 Å². The largest absolute Gasteiger partial charge is 0.298 e. The molecule has 2 aromatic heterocycles. The standard InChI is InChI=1S/C16H20N2O2S2/c1-16(2,3)11(19)8-21-15-17-13-12(14(20)18(15)4)9-6-5-7-10(9)22-13/h5-8H2,1-4H3. The third-order valence-corrected chi connectivity index (χ3v) is 6.29. The van der Waals surface area contributed by atoms with E-state index in [9.17, 15) is 9.59 Å². The van der Waals surface area contributed by atoms with Crippen LogP contribution < -0.4 is 5.56 Å². The van der Waals surface area contributed by atoms with Crippen molar-refractivity contribution in [1.82, 2.24) is 9.55 Å². The molecule has 0 unspecified atom stereocenters. The summed E-state index contributed by atoms with van der Waals surface area (Å²) >= 11 is 3.00. The first-order valence-corrected chi connectivity index (χ1v) is 9.26. The first-order chi connectivity index (χ1) is 10.3. The number of carbonyl (C=O) groups excluding carboxylic acids is 1. The van der Waals surface area contributed by atoms with Gasteiger partial charge in [-0.1, -0.05) is 32.5 Å². The molecule has 118 valence electrons. The van der Waals surface area contributed by atoms with Crippen LogP contribution in [0.5, 0.6) is 0 Å². The summed E-state index contributed by atoms with van der Waals surface area (Å²) in [5, 5.41) is 1.43. The van der Waals surface area contributed by atoms with Gasteiger partial charge in [-0.3, -0.25) is 14.2 Å². The van der Waals surface area contributed by atoms with E-state index in [1.165, 1.54) is 22.2 Å². The van der Waals surface area contributed by atoms with Crippen molar-refractivity contribution in [3.63, 3.8) is 0 Å². The van der Waals surface area contributed by atoms with Crippen molar-refractivity contribution in [2.75, 3.05) is 5.75 Å². The topological polar surface area (TPSA) is 52.0 Å². The third-order valence-electron chi connectivity index (χ3n) is 4.07. The van der Waals surface area contributed by atoms with Gasteiger partial charge in [-0.15, -0.1) is 11.3 Å². The molecule has 0 bridgehead atoms. The van der Waals surface area contributed by atoms with Crippen molar-refractivity contribution >= 4 is 39.1 Å². The van der Waals surface area contributed by atoms with Gasteiger partial charge in [-0.05, 0) is 24.8 Å². The van der Waals surface area contributed by atoms with Crippen molar-refractivity contribution in [2.24, 2.45) is 12.5 Å². The van der Waals surface area contributed by atoms with Gasteiger partial charge >= 0.3 is 0 Å². The summed E-state index contributed by atoms with van der Waals surface area (Å²) in [7, 11) is 1.75. The Morgan fingerprint density at radius 1 is 1.36 bits per heavy atom. The van der Waals surface area contributed by atoms with Crippen molar-refractivity contribution in [3.05, 3.63) is 20.8 Å². The van der Waals surface area contributed by atoms with Gasteiger partial charge in [0.15, 0.2) is 5.16 Å². The molecule has 0 aromatic carbocycles. The van der Waals surface area contributed by atoms with E-state index in [1.54, 1.807) is 23.0 Å². The average molecular weight is 336 g/mol. The van der Waals surface area contributed by atoms with Gasteiger partial charge in [-0.2, -0.15) is 0 Å². The number of carbonyl (C=O) groups is 1. The van der Waals surface area contributed by atoms with Gasteiger partial charge in [-0.25, -0.2) is 4.98 Å². The van der Waals surface area contributed by atoms with Gasteiger partial charge in [0.1, 0.15) is 10.6 Å². The normalized spacial score (nSPS) is 14.5. The van der Waals surface area contributed by atoms with E-state index in [1.807, 2.05) is 20.8 Å². The number of thiophene rings is 1. The number of nitrogens with zero attached hydrogens (tertiary/aromatic N) is 2. The van der Waals surface area contributed by atoms with Crippen molar-refractivity contribution < 1.29 is 4.79 Å². The number of rotatable bonds is 3. The van der Waals surface area contributed by atoms with E-state index in [2.05, 4.69) is 4.98 Å². The number of aromatic nitrogens is 2. The molecule has 2 aromatic rings. The summed E-state index contributed by atoms with van der Waals surface area (Å²) in [6.45, 7) is 5.74. The van der Waals surface area contributed by atoms with Gasteiger partial charge in [0.25, 0.3) is 5.56 Å². The highest BCUT2D eigenvalue weighted by atomic mass is 32.2. The summed E-state index contributed by atoms with van der Waals surface area (Å²) in [4.78, 5) is 31.5. The molecule has 0 atom stereocenters. The van der Waals surface area contributed by atoms with E-state index in [0.29, 0.717) is 10.9 Å². The SMILES string of the molecule is Cn1c(SCC(=O)C(C)(C)C)nc2sc3c(c2c1=O)CCC3. The lowest BCUT2D eigenvalue weighted by Crippen LogP contribution is -2.24. The van der Waals surface area contributed by atoms with E-state index < -0.39 is 0 Å². The minimum Gasteiger partial charge on any atom is -0.298 e. The Kier molecular flexibility index (Phi) is 3.93. The van der Waals surface area contributed by atoms with Gasteiger partial charge in [0.2, 0.25) is 0 Å². The van der Waals surface area contributed by atoms with Gasteiger partial charge in [0.05, 0.1) is 11.1 Å². The molecule has 0 fully saturated rings. The molecule has 0 aliphatic heterocycles. The highest BCUT2D eigenvalue weighted by molar-refractivity contribution is 7.99. The van der Waals surface area contributed by atoms with Gasteiger partial charge in [0, 0.05) is 17.3 Å². The number of thioether (sulfide) groups is 1. The van der Waals surface area contributed by atoms with Crippen LogP contribution in [0.3, 0.4) is 0 Å². The van der Waals surface area contributed by atoms with Crippen molar-refractivity contribution in [3.8, 4) is 0 Å². The Morgan fingerprint density at radius 3 is 2.77 bits per heavy atom. The van der Waals surface area contributed by atoms with Crippen LogP contribution in [0.2, 0.25) is 0 Å². The Hall–Kier alpha value is -1.14. The van der Waals surface area contributed by atoms with Crippen LogP contribution in [-0.2, 0) is 24.7 Å². The summed E-state index contributed by atoms with van der Waals surface area (Å²) in [6.07, 6.45) is 3.18. The minimum atomic E-state index is -0.361. The first kappa shape index (κ1) is 15.7. The lowest BCUT2D eigenvalue weighted by atomic mass is 9.92. The monoisotopic (exact) mass is 336 g/mol. The van der Waals surface area contributed by atoms with Crippen LogP contribution in [0, 0.1) is 5.41 Å². The van der Waals surface area contributed by atoms with E-state index in [-0.39, 0.29) is 16.8 Å². The highest BCUT2D eigenvalue weighted by Crippen LogP contribution is 2.35. The maximum absolute atomic E-state index is 12.6. The fraction of sp³-hybridized carbons (Fsp3) is 0.562. The van der Waals surface area contributed by atoms with Crippen LogP contribution in [0.25, 0.3) is 10.2 Å². The van der Waals surface area contributed by atoms with E-state index in [4.69, 9.17) is 0 Å². The van der Waals surface area contributed by atoms with Crippen LogP contribution in [0.1, 0.15) is 37.6 Å². The second-order valence-electron chi connectivity index (χ2n) is 6.76. The van der Waals surface area contributed by atoms with Crippen molar-refractivity contribution in [1.29, 1.82) is 0 Å². The average Bonchev–Trinajstić information content (AvgIpc) is 2.99. The highest BCUT2D eigenvalue weighted by Gasteiger charge is 2.24. The molecule has 0 saturated heterocycles. The predicted octanol–water partition coefficient (Wildman–Crippen LogP) is 3.19. The molecule has 2 heterocycles.